The largest absolute Gasteiger partial charge is 0.481 e. The van der Waals surface area contributed by atoms with Crippen LogP contribution in [0, 0.1) is 11.7 Å². The van der Waals surface area contributed by atoms with Gasteiger partial charge in [0.05, 0.1) is 18.0 Å². The lowest BCUT2D eigenvalue weighted by Gasteiger charge is -2.20. The molecule has 0 saturated heterocycles. The maximum absolute atomic E-state index is 14.0. The van der Waals surface area contributed by atoms with Crippen LogP contribution >= 0.6 is 11.6 Å². The third-order valence-corrected chi connectivity index (χ3v) is 3.37. The molecule has 0 aliphatic rings. The number of halogens is 2. The number of nitrogens with zero attached hydrogens (tertiary/aromatic N) is 4. The van der Waals surface area contributed by atoms with Crippen LogP contribution in [-0.4, -0.2) is 31.3 Å². The molecule has 0 radical (unpaired) electrons. The Balaban J connectivity index is 2.48. The van der Waals surface area contributed by atoms with Crippen LogP contribution in [0.5, 0.6) is 0 Å². The number of carboxylic acid groups (broad SMARTS) is 1. The number of hydrogen-bond donors (Lipinski definition) is 1. The van der Waals surface area contributed by atoms with Gasteiger partial charge in [-0.15, -0.1) is 5.10 Å². The molecule has 0 aliphatic carbocycles. The second-order valence-corrected chi connectivity index (χ2v) is 5.42. The summed E-state index contributed by atoms with van der Waals surface area (Å²) in [5.74, 6) is -1.37. The smallest absolute Gasteiger partial charge is 0.305 e. The van der Waals surface area contributed by atoms with Crippen LogP contribution < -0.4 is 0 Å². The minimum absolute atomic E-state index is 0.0290. The number of carbonyl (C=O) groups is 1. The highest BCUT2D eigenvalue weighted by Crippen LogP contribution is 2.28. The van der Waals surface area contributed by atoms with E-state index < -0.39 is 17.8 Å². The van der Waals surface area contributed by atoms with Gasteiger partial charge in [-0.3, -0.25) is 4.79 Å². The van der Waals surface area contributed by atoms with Gasteiger partial charge in [-0.25, -0.2) is 9.07 Å². The number of tetrazole rings is 1. The molecule has 8 heteroatoms. The lowest BCUT2D eigenvalue weighted by molar-refractivity contribution is -0.138. The van der Waals surface area contributed by atoms with E-state index in [9.17, 15) is 9.18 Å². The Morgan fingerprint density at radius 2 is 2.19 bits per heavy atom. The molecule has 1 atom stereocenters. The first-order valence-electron chi connectivity index (χ1n) is 6.35. The van der Waals surface area contributed by atoms with Crippen LogP contribution in [0.15, 0.2) is 18.2 Å². The molecule has 0 amide bonds. The SMILES string of the molecule is CC(C)C(CC(=O)O)n1nnnc1-c1ccc(Cl)cc1F. The van der Waals surface area contributed by atoms with Gasteiger partial charge in [0.2, 0.25) is 0 Å². The van der Waals surface area contributed by atoms with Crippen LogP contribution in [0.1, 0.15) is 26.3 Å². The standard InChI is InChI=1S/C13H14ClFN4O2/c1-7(2)11(6-12(20)21)19-13(16-17-18-19)9-4-3-8(14)5-10(9)15/h3-5,7,11H,6H2,1-2H3,(H,20,21). The molecule has 0 spiro atoms. The first-order valence-corrected chi connectivity index (χ1v) is 6.73. The minimum atomic E-state index is -0.966. The number of rotatable bonds is 5. The highest BCUT2D eigenvalue weighted by Gasteiger charge is 2.25. The summed E-state index contributed by atoms with van der Waals surface area (Å²) in [5.41, 5.74) is 0.181. The van der Waals surface area contributed by atoms with Gasteiger partial charge in [0, 0.05) is 5.02 Å². The second kappa shape index (κ2) is 6.17. The molecule has 112 valence electrons. The molecular weight excluding hydrogens is 299 g/mol. The van der Waals surface area contributed by atoms with Gasteiger partial charge in [-0.1, -0.05) is 25.4 Å². The Bertz CT molecular complexity index is 659. The monoisotopic (exact) mass is 312 g/mol. The minimum Gasteiger partial charge on any atom is -0.481 e. The average molecular weight is 313 g/mol. The molecular formula is C13H14ClFN4O2. The lowest BCUT2D eigenvalue weighted by atomic mass is 10.0. The summed E-state index contributed by atoms with van der Waals surface area (Å²) >= 11 is 5.72. The highest BCUT2D eigenvalue weighted by molar-refractivity contribution is 6.30. The second-order valence-electron chi connectivity index (χ2n) is 4.98. The van der Waals surface area contributed by atoms with Crippen LogP contribution in [0.3, 0.4) is 0 Å². The van der Waals surface area contributed by atoms with Gasteiger partial charge in [0.15, 0.2) is 5.82 Å². The predicted octanol–water partition coefficient (Wildman–Crippen LogP) is 2.80. The molecule has 0 saturated carbocycles. The summed E-state index contributed by atoms with van der Waals surface area (Å²) in [6, 6.07) is 3.69. The van der Waals surface area contributed by atoms with Gasteiger partial charge < -0.3 is 5.11 Å². The molecule has 0 bridgehead atoms. The Morgan fingerprint density at radius 3 is 2.76 bits per heavy atom. The number of aromatic nitrogens is 4. The van der Waals surface area contributed by atoms with Crippen molar-refractivity contribution in [3.63, 3.8) is 0 Å². The molecule has 1 aromatic heterocycles. The Kier molecular flexibility index (Phi) is 4.52. The molecule has 0 aliphatic heterocycles. The molecule has 1 N–H and O–H groups in total. The average Bonchev–Trinajstić information content (AvgIpc) is 2.84. The quantitative estimate of drug-likeness (QED) is 0.918. The fourth-order valence-electron chi connectivity index (χ4n) is 2.05. The van der Waals surface area contributed by atoms with Gasteiger partial charge in [-0.2, -0.15) is 0 Å². The van der Waals surface area contributed by atoms with E-state index in [0.717, 1.165) is 6.07 Å². The number of hydrogen-bond acceptors (Lipinski definition) is 4. The maximum atomic E-state index is 14.0. The van der Waals surface area contributed by atoms with E-state index in [0.29, 0.717) is 0 Å². The van der Waals surface area contributed by atoms with E-state index in [-0.39, 0.29) is 28.7 Å². The van der Waals surface area contributed by atoms with E-state index in [1.807, 2.05) is 13.8 Å². The Labute approximate surface area is 125 Å². The zero-order valence-electron chi connectivity index (χ0n) is 11.5. The zero-order chi connectivity index (χ0) is 15.6. The van der Waals surface area contributed by atoms with Crippen LogP contribution in [-0.2, 0) is 4.79 Å². The molecule has 2 aromatic rings. The van der Waals surface area contributed by atoms with Gasteiger partial charge in [0.25, 0.3) is 0 Å². The van der Waals surface area contributed by atoms with Gasteiger partial charge in [0.1, 0.15) is 5.82 Å². The number of benzene rings is 1. The number of carboxylic acids is 1. The topological polar surface area (TPSA) is 80.9 Å². The fourth-order valence-corrected chi connectivity index (χ4v) is 2.21. The van der Waals surface area contributed by atoms with Gasteiger partial charge >= 0.3 is 5.97 Å². The summed E-state index contributed by atoms with van der Waals surface area (Å²) in [6.07, 6.45) is -0.148. The maximum Gasteiger partial charge on any atom is 0.305 e. The van der Waals surface area contributed by atoms with Crippen molar-refractivity contribution in [3.8, 4) is 11.4 Å². The fraction of sp³-hybridized carbons (Fsp3) is 0.385. The Morgan fingerprint density at radius 1 is 1.48 bits per heavy atom. The van der Waals surface area contributed by atoms with Crippen molar-refractivity contribution in [2.45, 2.75) is 26.3 Å². The third kappa shape index (κ3) is 3.36. The normalized spacial score (nSPS) is 12.6. The van der Waals surface area contributed by atoms with Crippen LogP contribution in [0.25, 0.3) is 11.4 Å². The molecule has 21 heavy (non-hydrogen) atoms. The summed E-state index contributed by atoms with van der Waals surface area (Å²) in [4.78, 5) is 11.0. The predicted molar refractivity (Wildman–Crippen MR) is 74.3 cm³/mol. The molecule has 1 aromatic carbocycles. The van der Waals surface area contributed by atoms with Crippen molar-refractivity contribution in [1.82, 2.24) is 20.2 Å². The molecule has 0 fully saturated rings. The van der Waals surface area contributed by atoms with Crippen molar-refractivity contribution in [3.05, 3.63) is 29.0 Å². The molecule has 1 heterocycles. The van der Waals surface area contributed by atoms with E-state index >= 15 is 0 Å². The molecule has 6 nitrogen and oxygen atoms in total. The van der Waals surface area contributed by atoms with E-state index in [4.69, 9.17) is 16.7 Å². The van der Waals surface area contributed by atoms with Gasteiger partial charge in [-0.05, 0) is 34.5 Å². The summed E-state index contributed by atoms with van der Waals surface area (Å²) in [5, 5.41) is 20.5. The van der Waals surface area contributed by atoms with E-state index in [1.54, 1.807) is 0 Å². The van der Waals surface area contributed by atoms with Crippen molar-refractivity contribution in [2.24, 2.45) is 5.92 Å². The highest BCUT2D eigenvalue weighted by atomic mass is 35.5. The van der Waals surface area contributed by atoms with Crippen LogP contribution in [0.2, 0.25) is 5.02 Å². The van der Waals surface area contributed by atoms with Crippen LogP contribution in [0.4, 0.5) is 4.39 Å². The van der Waals surface area contributed by atoms with Crippen molar-refractivity contribution in [1.29, 1.82) is 0 Å². The molecule has 1 unspecified atom stereocenters. The number of aliphatic carboxylic acids is 1. The molecule has 2 rings (SSSR count). The van der Waals surface area contributed by atoms with Crippen molar-refractivity contribution in [2.75, 3.05) is 0 Å². The van der Waals surface area contributed by atoms with Crippen molar-refractivity contribution < 1.29 is 14.3 Å². The summed E-state index contributed by atoms with van der Waals surface area (Å²) in [7, 11) is 0. The lowest BCUT2D eigenvalue weighted by Crippen LogP contribution is -2.21. The summed E-state index contributed by atoms with van der Waals surface area (Å²) < 4.78 is 15.4. The van der Waals surface area contributed by atoms with E-state index in [2.05, 4.69) is 15.5 Å². The first-order chi connectivity index (χ1) is 9.90. The first kappa shape index (κ1) is 15.4. The Hall–Kier alpha value is -2.02. The summed E-state index contributed by atoms with van der Waals surface area (Å²) in [6.45, 7) is 3.72. The van der Waals surface area contributed by atoms with Crippen molar-refractivity contribution >= 4 is 17.6 Å². The third-order valence-electron chi connectivity index (χ3n) is 3.13. The zero-order valence-corrected chi connectivity index (χ0v) is 12.3. The van der Waals surface area contributed by atoms with E-state index in [1.165, 1.54) is 16.8 Å².